The first-order valence-corrected chi connectivity index (χ1v) is 12.3. The Kier molecular flexibility index (Phi) is 6.97. The molecule has 0 atom stereocenters. The van der Waals surface area contributed by atoms with E-state index in [9.17, 15) is 4.79 Å². The summed E-state index contributed by atoms with van der Waals surface area (Å²) >= 11 is 8.14. The van der Waals surface area contributed by atoms with E-state index in [-0.39, 0.29) is 5.91 Å². The van der Waals surface area contributed by atoms with Crippen LogP contribution in [0.2, 0.25) is 5.15 Å². The van der Waals surface area contributed by atoms with Crippen molar-refractivity contribution in [2.75, 3.05) is 12.8 Å². The van der Waals surface area contributed by atoms with Crippen LogP contribution >= 0.6 is 23.4 Å². The molecule has 1 aliphatic rings. The van der Waals surface area contributed by atoms with Gasteiger partial charge in [-0.05, 0) is 44.6 Å². The van der Waals surface area contributed by atoms with Crippen LogP contribution in [0.25, 0.3) is 5.69 Å². The smallest absolute Gasteiger partial charge is 0.256 e. The topological polar surface area (TPSA) is 77.6 Å². The Labute approximate surface area is 191 Å². The standard InChI is InChI=1S/C22H27ClN6OS/c1-15-19(20(23)29(27-15)17-11-4-3-5-12-17)21(30)24-14-8-13-18-25-26-22(31-2)28(18)16-9-6-7-10-16/h3-5,11-12,16H,6-10,13-14H2,1-2H3,(H,24,30). The first kappa shape index (κ1) is 21.9. The minimum absolute atomic E-state index is 0.202. The fraction of sp³-hybridized carbons (Fsp3) is 0.455. The molecule has 0 spiro atoms. The predicted octanol–water partition coefficient (Wildman–Crippen LogP) is 4.63. The Hall–Kier alpha value is -2.32. The number of benzene rings is 1. The van der Waals surface area contributed by atoms with E-state index in [1.54, 1.807) is 23.4 Å². The zero-order chi connectivity index (χ0) is 21.8. The van der Waals surface area contributed by atoms with Crippen LogP contribution in [0.3, 0.4) is 0 Å². The SMILES string of the molecule is CSc1nnc(CCCNC(=O)c2c(C)nn(-c3ccccc3)c2Cl)n1C1CCCC1. The minimum Gasteiger partial charge on any atom is -0.352 e. The van der Waals surface area contributed by atoms with Crippen molar-refractivity contribution in [2.45, 2.75) is 56.6 Å². The number of carbonyl (C=O) groups is 1. The van der Waals surface area contributed by atoms with E-state index in [2.05, 4.69) is 25.2 Å². The second-order valence-corrected chi connectivity index (χ2v) is 8.90. The molecule has 7 nitrogen and oxygen atoms in total. The number of rotatable bonds is 8. The molecule has 3 aromatic rings. The zero-order valence-corrected chi connectivity index (χ0v) is 19.4. The Morgan fingerprint density at radius 2 is 1.97 bits per heavy atom. The van der Waals surface area contributed by atoms with E-state index < -0.39 is 0 Å². The summed E-state index contributed by atoms with van der Waals surface area (Å²) in [5.74, 6) is 0.809. The highest BCUT2D eigenvalue weighted by Gasteiger charge is 2.24. The third-order valence-corrected chi connectivity index (χ3v) is 6.69. The van der Waals surface area contributed by atoms with E-state index in [4.69, 9.17) is 11.6 Å². The van der Waals surface area contributed by atoms with Gasteiger partial charge in [0, 0.05) is 19.0 Å². The van der Waals surface area contributed by atoms with Crippen LogP contribution in [-0.2, 0) is 6.42 Å². The number of nitrogens with zero attached hydrogens (tertiary/aromatic N) is 5. The van der Waals surface area contributed by atoms with E-state index in [0.29, 0.717) is 29.0 Å². The average molecular weight is 459 g/mol. The molecule has 1 aliphatic carbocycles. The van der Waals surface area contributed by atoms with Gasteiger partial charge >= 0.3 is 0 Å². The molecule has 1 fully saturated rings. The summed E-state index contributed by atoms with van der Waals surface area (Å²) in [4.78, 5) is 12.8. The summed E-state index contributed by atoms with van der Waals surface area (Å²) in [6.07, 6.45) is 8.53. The molecule has 1 saturated carbocycles. The van der Waals surface area contributed by atoms with Crippen molar-refractivity contribution >= 4 is 29.3 Å². The first-order chi connectivity index (χ1) is 15.1. The number of nitrogens with one attached hydrogen (secondary N) is 1. The molecule has 1 aromatic carbocycles. The summed E-state index contributed by atoms with van der Waals surface area (Å²) < 4.78 is 3.91. The number of halogens is 1. The van der Waals surface area contributed by atoms with Crippen LogP contribution in [0.15, 0.2) is 35.5 Å². The molecule has 1 N–H and O–H groups in total. The number of amides is 1. The highest BCUT2D eigenvalue weighted by Crippen LogP contribution is 2.33. The molecular formula is C22H27ClN6OS. The lowest BCUT2D eigenvalue weighted by molar-refractivity contribution is 0.0952. The lowest BCUT2D eigenvalue weighted by Gasteiger charge is -2.16. The van der Waals surface area contributed by atoms with Gasteiger partial charge in [-0.3, -0.25) is 4.79 Å². The van der Waals surface area contributed by atoms with Crippen molar-refractivity contribution in [3.8, 4) is 5.69 Å². The van der Waals surface area contributed by atoms with Gasteiger partial charge in [0.2, 0.25) is 0 Å². The maximum absolute atomic E-state index is 12.8. The third-order valence-electron chi connectivity index (χ3n) is 5.70. The fourth-order valence-electron chi connectivity index (χ4n) is 4.18. The largest absolute Gasteiger partial charge is 0.352 e. The molecule has 31 heavy (non-hydrogen) atoms. The normalized spacial score (nSPS) is 14.3. The summed E-state index contributed by atoms with van der Waals surface area (Å²) in [5.41, 5.74) is 1.85. The molecule has 2 heterocycles. The molecule has 2 aromatic heterocycles. The lowest BCUT2D eigenvalue weighted by Crippen LogP contribution is -2.25. The fourth-order valence-corrected chi connectivity index (χ4v) is 5.11. The van der Waals surface area contributed by atoms with Gasteiger partial charge in [-0.1, -0.05) is 54.4 Å². The van der Waals surface area contributed by atoms with Crippen molar-refractivity contribution in [2.24, 2.45) is 0 Å². The second-order valence-electron chi connectivity index (χ2n) is 7.77. The summed E-state index contributed by atoms with van der Waals surface area (Å²) in [5, 5.41) is 17.5. The van der Waals surface area contributed by atoms with E-state index >= 15 is 0 Å². The van der Waals surface area contributed by atoms with Gasteiger partial charge in [-0.25, -0.2) is 4.68 Å². The molecule has 0 unspecified atom stereocenters. The zero-order valence-electron chi connectivity index (χ0n) is 17.8. The van der Waals surface area contributed by atoms with Gasteiger partial charge in [0.05, 0.1) is 16.9 Å². The van der Waals surface area contributed by atoms with Gasteiger partial charge < -0.3 is 9.88 Å². The Morgan fingerprint density at radius 3 is 2.68 bits per heavy atom. The highest BCUT2D eigenvalue weighted by molar-refractivity contribution is 7.98. The summed E-state index contributed by atoms with van der Waals surface area (Å²) in [6.45, 7) is 2.34. The molecule has 164 valence electrons. The molecule has 0 aliphatic heterocycles. The molecule has 9 heteroatoms. The van der Waals surface area contributed by atoms with Crippen LogP contribution in [0.1, 0.15) is 60.0 Å². The maximum atomic E-state index is 12.8. The van der Waals surface area contributed by atoms with Crippen LogP contribution < -0.4 is 5.32 Å². The Bertz CT molecular complexity index is 1040. The van der Waals surface area contributed by atoms with Crippen LogP contribution in [0.5, 0.6) is 0 Å². The van der Waals surface area contributed by atoms with Crippen molar-refractivity contribution in [1.29, 1.82) is 0 Å². The summed E-state index contributed by atoms with van der Waals surface area (Å²) in [6, 6.07) is 10.1. The number of thioether (sulfide) groups is 1. The number of aromatic nitrogens is 5. The Morgan fingerprint density at radius 1 is 1.23 bits per heavy atom. The van der Waals surface area contributed by atoms with Crippen LogP contribution in [0, 0.1) is 6.92 Å². The highest BCUT2D eigenvalue weighted by atomic mass is 35.5. The predicted molar refractivity (Wildman–Crippen MR) is 123 cm³/mol. The number of hydrogen-bond acceptors (Lipinski definition) is 5. The van der Waals surface area contributed by atoms with Gasteiger partial charge in [-0.15, -0.1) is 10.2 Å². The minimum atomic E-state index is -0.202. The van der Waals surface area contributed by atoms with Gasteiger partial charge in [0.1, 0.15) is 11.0 Å². The van der Waals surface area contributed by atoms with E-state index in [1.165, 1.54) is 25.7 Å². The van der Waals surface area contributed by atoms with Crippen molar-refractivity contribution in [3.63, 3.8) is 0 Å². The van der Waals surface area contributed by atoms with Crippen LogP contribution in [-0.4, -0.2) is 43.3 Å². The van der Waals surface area contributed by atoms with E-state index in [0.717, 1.165) is 29.5 Å². The van der Waals surface area contributed by atoms with Crippen LogP contribution in [0.4, 0.5) is 0 Å². The van der Waals surface area contributed by atoms with E-state index in [1.807, 2.05) is 36.6 Å². The molecule has 0 saturated heterocycles. The number of aryl methyl sites for hydroxylation is 2. The molecule has 0 radical (unpaired) electrons. The second kappa shape index (κ2) is 9.87. The Balaban J connectivity index is 1.38. The average Bonchev–Trinajstić information content (AvgIpc) is 3.50. The van der Waals surface area contributed by atoms with Crippen molar-refractivity contribution in [3.05, 3.63) is 52.6 Å². The number of hydrogen-bond donors (Lipinski definition) is 1. The van der Waals surface area contributed by atoms with Gasteiger partial charge in [-0.2, -0.15) is 5.10 Å². The van der Waals surface area contributed by atoms with Gasteiger partial charge in [0.25, 0.3) is 5.91 Å². The monoisotopic (exact) mass is 458 g/mol. The van der Waals surface area contributed by atoms with Gasteiger partial charge in [0.15, 0.2) is 5.16 Å². The lowest BCUT2D eigenvalue weighted by atomic mass is 10.2. The number of para-hydroxylation sites is 1. The quantitative estimate of drug-likeness (QED) is 0.393. The maximum Gasteiger partial charge on any atom is 0.256 e. The third kappa shape index (κ3) is 4.65. The molecule has 4 rings (SSSR count). The number of carbonyl (C=O) groups excluding carboxylic acids is 1. The van der Waals surface area contributed by atoms with Crippen molar-refractivity contribution < 1.29 is 4.79 Å². The first-order valence-electron chi connectivity index (χ1n) is 10.7. The summed E-state index contributed by atoms with van der Waals surface area (Å²) in [7, 11) is 0. The molecular weight excluding hydrogens is 432 g/mol. The van der Waals surface area contributed by atoms with Crippen molar-refractivity contribution in [1.82, 2.24) is 29.9 Å². The molecule has 1 amide bonds. The molecule has 0 bridgehead atoms.